The molecule has 1 aromatic rings. The zero-order valence-electron chi connectivity index (χ0n) is 8.53. The third-order valence-corrected chi connectivity index (χ3v) is 2.08. The summed E-state index contributed by atoms with van der Waals surface area (Å²) >= 11 is 0. The van der Waals surface area contributed by atoms with Crippen LogP contribution in [-0.2, 0) is 6.42 Å². The molecule has 0 bridgehead atoms. The first-order valence-electron chi connectivity index (χ1n) is 4.94. The summed E-state index contributed by atoms with van der Waals surface area (Å²) in [6, 6.07) is 12.1. The fourth-order valence-corrected chi connectivity index (χ4v) is 1.35. The van der Waals surface area contributed by atoms with E-state index >= 15 is 0 Å². The highest BCUT2D eigenvalue weighted by atomic mass is 14.9. The highest BCUT2D eigenvalue weighted by molar-refractivity contribution is 5.51. The molecule has 0 radical (unpaired) electrons. The van der Waals surface area contributed by atoms with Crippen LogP contribution < -0.4 is 5.32 Å². The molecule has 0 atom stereocenters. The predicted octanol–water partition coefficient (Wildman–Crippen LogP) is 2.47. The van der Waals surface area contributed by atoms with Crippen molar-refractivity contribution in [3.8, 4) is 12.1 Å². The second-order valence-electron chi connectivity index (χ2n) is 3.15. The number of nitriles is 2. The number of anilines is 1. The van der Waals surface area contributed by atoms with Gasteiger partial charge in [-0.25, -0.2) is 0 Å². The molecule has 1 N–H and O–H groups in total. The van der Waals surface area contributed by atoms with E-state index in [0.717, 1.165) is 17.7 Å². The Morgan fingerprint density at radius 2 is 1.80 bits per heavy atom. The van der Waals surface area contributed by atoms with Crippen LogP contribution in [-0.4, -0.2) is 6.54 Å². The molecule has 0 aliphatic heterocycles. The summed E-state index contributed by atoms with van der Waals surface area (Å²) < 4.78 is 0. The van der Waals surface area contributed by atoms with Crippen molar-refractivity contribution in [2.45, 2.75) is 19.3 Å². The molecule has 3 heteroatoms. The average Bonchev–Trinajstić information content (AvgIpc) is 2.28. The lowest BCUT2D eigenvalue weighted by Gasteiger charge is -2.09. The molecule has 0 unspecified atom stereocenters. The molecule has 0 fully saturated rings. The maximum Gasteiger partial charge on any atom is 0.0640 e. The van der Waals surface area contributed by atoms with Crippen molar-refractivity contribution in [1.29, 1.82) is 10.5 Å². The number of hydrogen-bond acceptors (Lipinski definition) is 3. The maximum atomic E-state index is 8.52. The van der Waals surface area contributed by atoms with Gasteiger partial charge in [0.2, 0.25) is 0 Å². The lowest BCUT2D eigenvalue weighted by Crippen LogP contribution is -2.03. The highest BCUT2D eigenvalue weighted by Crippen LogP contribution is 2.16. The molecule has 0 aliphatic rings. The van der Waals surface area contributed by atoms with Crippen LogP contribution in [0.5, 0.6) is 0 Å². The molecule has 0 aliphatic carbocycles. The van der Waals surface area contributed by atoms with E-state index in [4.69, 9.17) is 10.5 Å². The number of nitrogens with zero attached hydrogens (tertiary/aromatic N) is 2. The minimum absolute atomic E-state index is 0.493. The van der Waals surface area contributed by atoms with E-state index in [9.17, 15) is 0 Å². The second-order valence-corrected chi connectivity index (χ2v) is 3.15. The summed E-state index contributed by atoms with van der Waals surface area (Å²) in [5.74, 6) is 0. The van der Waals surface area contributed by atoms with E-state index in [1.165, 1.54) is 0 Å². The molecule has 15 heavy (non-hydrogen) atoms. The van der Waals surface area contributed by atoms with Gasteiger partial charge in [0.05, 0.1) is 18.6 Å². The molecular weight excluding hydrogens is 186 g/mol. The van der Waals surface area contributed by atoms with E-state index in [-0.39, 0.29) is 0 Å². The van der Waals surface area contributed by atoms with E-state index < -0.39 is 0 Å². The molecule has 1 rings (SSSR count). The Kier molecular flexibility index (Phi) is 4.77. The first kappa shape index (κ1) is 11.1. The maximum absolute atomic E-state index is 8.52. The zero-order valence-corrected chi connectivity index (χ0v) is 8.53. The van der Waals surface area contributed by atoms with Gasteiger partial charge in [0.1, 0.15) is 0 Å². The van der Waals surface area contributed by atoms with Crippen molar-refractivity contribution in [1.82, 2.24) is 0 Å². The normalized spacial score (nSPS) is 8.93. The van der Waals surface area contributed by atoms with E-state index in [2.05, 4.69) is 17.5 Å². The monoisotopic (exact) mass is 199 g/mol. The minimum atomic E-state index is 0.493. The topological polar surface area (TPSA) is 59.6 Å². The van der Waals surface area contributed by atoms with Crippen LogP contribution in [0.25, 0.3) is 0 Å². The van der Waals surface area contributed by atoms with Crippen molar-refractivity contribution in [2.24, 2.45) is 0 Å². The number of benzene rings is 1. The van der Waals surface area contributed by atoms with Gasteiger partial charge in [-0.2, -0.15) is 10.5 Å². The third kappa shape index (κ3) is 3.70. The first-order chi connectivity index (χ1) is 7.38. The minimum Gasteiger partial charge on any atom is -0.384 e. The molecule has 1 aromatic carbocycles. The number of rotatable bonds is 5. The summed E-state index contributed by atoms with van der Waals surface area (Å²) in [6.45, 7) is 0.653. The van der Waals surface area contributed by atoms with Crippen LogP contribution in [0.3, 0.4) is 0 Å². The molecule has 3 nitrogen and oxygen atoms in total. The Labute approximate surface area is 90.0 Å². The Bertz CT molecular complexity index is 385. The van der Waals surface area contributed by atoms with Crippen molar-refractivity contribution >= 4 is 5.69 Å². The molecule has 0 aromatic heterocycles. The number of hydrogen-bond donors (Lipinski definition) is 1. The van der Waals surface area contributed by atoms with Crippen molar-refractivity contribution in [3.05, 3.63) is 29.8 Å². The Morgan fingerprint density at radius 3 is 2.53 bits per heavy atom. The number of nitrogens with one attached hydrogen (secondary N) is 1. The molecule has 0 amide bonds. The van der Waals surface area contributed by atoms with Gasteiger partial charge < -0.3 is 5.32 Å². The summed E-state index contributed by atoms with van der Waals surface area (Å²) in [4.78, 5) is 0. The van der Waals surface area contributed by atoms with Crippen LogP contribution in [0.15, 0.2) is 24.3 Å². The van der Waals surface area contributed by atoms with Crippen LogP contribution in [0.4, 0.5) is 5.69 Å². The number of para-hydroxylation sites is 1. The molecule has 0 spiro atoms. The Balaban J connectivity index is 2.61. The smallest absolute Gasteiger partial charge is 0.0640 e. The first-order valence-corrected chi connectivity index (χ1v) is 4.94. The molecule has 0 saturated heterocycles. The van der Waals surface area contributed by atoms with Gasteiger partial charge >= 0.3 is 0 Å². The molecule has 0 saturated carbocycles. The van der Waals surface area contributed by atoms with E-state index in [1.807, 2.05) is 24.3 Å². The zero-order chi connectivity index (χ0) is 10.9. The summed E-state index contributed by atoms with van der Waals surface area (Å²) in [5.41, 5.74) is 2.17. The van der Waals surface area contributed by atoms with Crippen LogP contribution in [0, 0.1) is 22.7 Å². The predicted molar refractivity (Wildman–Crippen MR) is 59.1 cm³/mol. The van der Waals surface area contributed by atoms with Gasteiger partial charge in [0, 0.05) is 18.7 Å². The molecular formula is C12H13N3. The molecule has 0 heterocycles. The SMILES string of the molecule is N#CCCNc1ccccc1CCC#N. The van der Waals surface area contributed by atoms with E-state index in [1.54, 1.807) is 0 Å². The highest BCUT2D eigenvalue weighted by Gasteiger charge is 1.99. The quantitative estimate of drug-likeness (QED) is 0.741. The van der Waals surface area contributed by atoms with Crippen LogP contribution in [0.2, 0.25) is 0 Å². The molecule has 76 valence electrons. The lowest BCUT2D eigenvalue weighted by atomic mass is 10.1. The van der Waals surface area contributed by atoms with Gasteiger partial charge in [-0.05, 0) is 18.1 Å². The largest absolute Gasteiger partial charge is 0.384 e. The van der Waals surface area contributed by atoms with Gasteiger partial charge in [-0.3, -0.25) is 0 Å². The van der Waals surface area contributed by atoms with Crippen LogP contribution >= 0.6 is 0 Å². The second kappa shape index (κ2) is 6.45. The summed E-state index contributed by atoms with van der Waals surface area (Å²) in [7, 11) is 0. The summed E-state index contributed by atoms with van der Waals surface area (Å²) in [6.07, 6.45) is 1.77. The average molecular weight is 199 g/mol. The van der Waals surface area contributed by atoms with Crippen molar-refractivity contribution in [3.63, 3.8) is 0 Å². The van der Waals surface area contributed by atoms with Crippen molar-refractivity contribution in [2.75, 3.05) is 11.9 Å². The van der Waals surface area contributed by atoms with Gasteiger partial charge in [0.25, 0.3) is 0 Å². The standard InChI is InChI=1S/C12H13N3/c13-8-3-6-11-5-1-2-7-12(11)15-10-4-9-14/h1-2,5,7,15H,3-4,6,10H2. The summed E-state index contributed by atoms with van der Waals surface area (Å²) in [5, 5.41) is 20.1. The van der Waals surface area contributed by atoms with E-state index in [0.29, 0.717) is 19.4 Å². The van der Waals surface area contributed by atoms with Gasteiger partial charge in [-0.15, -0.1) is 0 Å². The number of aryl methyl sites for hydroxylation is 1. The lowest BCUT2D eigenvalue weighted by molar-refractivity contribution is 0.997. The van der Waals surface area contributed by atoms with Crippen LogP contribution in [0.1, 0.15) is 18.4 Å². The van der Waals surface area contributed by atoms with Gasteiger partial charge in [0.15, 0.2) is 0 Å². The van der Waals surface area contributed by atoms with Gasteiger partial charge in [-0.1, -0.05) is 18.2 Å². The Hall–Kier alpha value is -2.00. The third-order valence-electron chi connectivity index (χ3n) is 2.08. The fourth-order valence-electron chi connectivity index (χ4n) is 1.35. The van der Waals surface area contributed by atoms with Crippen molar-refractivity contribution < 1.29 is 0 Å². The fraction of sp³-hybridized carbons (Fsp3) is 0.333. The Morgan fingerprint density at radius 1 is 1.07 bits per heavy atom.